The molecular formula is C20H39K2NO5. The minimum absolute atomic E-state index is 0. The van der Waals surface area contributed by atoms with E-state index in [9.17, 15) is 14.4 Å². The Labute approximate surface area is 258 Å². The molecule has 0 radical (unpaired) electrons. The molecular weight excluding hydrogens is 412 g/mol. The predicted octanol–water partition coefficient (Wildman–Crippen LogP) is -1.26. The fraction of sp³-hybridized carbons (Fsp3) is 0.850. The van der Waals surface area contributed by atoms with Crippen molar-refractivity contribution in [2.45, 2.75) is 109 Å². The first-order valence-electron chi connectivity index (χ1n) is 10.2. The van der Waals surface area contributed by atoms with Gasteiger partial charge in [-0.3, -0.25) is 9.59 Å². The first-order valence-corrected chi connectivity index (χ1v) is 10.2. The number of carbonyl (C=O) groups excluding carboxylic acids is 1. The maximum atomic E-state index is 11.7. The van der Waals surface area contributed by atoms with Crippen LogP contribution in [0.5, 0.6) is 0 Å². The van der Waals surface area contributed by atoms with E-state index in [0.717, 1.165) is 12.8 Å². The van der Waals surface area contributed by atoms with Crippen LogP contribution in [0, 0.1) is 0 Å². The third-order valence-corrected chi connectivity index (χ3v) is 4.52. The van der Waals surface area contributed by atoms with Gasteiger partial charge in [-0.25, -0.2) is 4.79 Å². The first-order chi connectivity index (χ1) is 12.5. The van der Waals surface area contributed by atoms with Crippen LogP contribution in [0.3, 0.4) is 0 Å². The number of hydrogen-bond acceptors (Lipinski definition) is 3. The van der Waals surface area contributed by atoms with Gasteiger partial charge in [0.25, 0.3) is 0 Å². The Bertz CT molecular complexity index is 419. The molecule has 0 aliphatic rings. The van der Waals surface area contributed by atoms with Gasteiger partial charge in [-0.1, -0.05) is 84.0 Å². The van der Waals surface area contributed by atoms with E-state index in [1.54, 1.807) is 0 Å². The third kappa shape index (κ3) is 24.0. The van der Waals surface area contributed by atoms with E-state index in [1.165, 1.54) is 64.2 Å². The van der Waals surface area contributed by atoms with Gasteiger partial charge in [-0.2, -0.15) is 0 Å². The minimum atomic E-state index is -1.35. The fourth-order valence-electron chi connectivity index (χ4n) is 2.94. The van der Waals surface area contributed by atoms with Crippen molar-refractivity contribution in [3.63, 3.8) is 0 Å². The summed E-state index contributed by atoms with van der Waals surface area (Å²) >= 11 is 0. The molecule has 0 unspecified atom stereocenters. The molecule has 8 heteroatoms. The molecule has 1 atom stereocenters. The predicted molar refractivity (Wildman–Crippen MR) is 104 cm³/mol. The van der Waals surface area contributed by atoms with Crippen LogP contribution in [0.15, 0.2) is 0 Å². The maximum Gasteiger partial charge on any atom is 1.00 e. The molecule has 1 amide bonds. The van der Waals surface area contributed by atoms with Gasteiger partial charge in [0.15, 0.2) is 0 Å². The number of rotatable bonds is 18. The largest absolute Gasteiger partial charge is 1.00 e. The van der Waals surface area contributed by atoms with Gasteiger partial charge in [0.1, 0.15) is 6.04 Å². The Morgan fingerprint density at radius 2 is 1.14 bits per heavy atom. The van der Waals surface area contributed by atoms with Crippen LogP contribution < -0.4 is 108 Å². The molecule has 0 saturated heterocycles. The quantitative estimate of drug-likeness (QED) is 0.178. The Hall–Kier alpha value is 1.68. The molecule has 0 aromatic heterocycles. The second-order valence-corrected chi connectivity index (χ2v) is 7.05. The summed E-state index contributed by atoms with van der Waals surface area (Å²) in [5.74, 6) is -2.94. The normalized spacial score (nSPS) is 11.0. The first kappa shape index (κ1) is 34.3. The molecule has 0 spiro atoms. The Morgan fingerprint density at radius 3 is 1.50 bits per heavy atom. The Balaban J connectivity index is -0.000000521. The zero-order valence-electron chi connectivity index (χ0n) is 20.3. The number of carboxylic acids is 2. The molecule has 0 aliphatic heterocycles. The fourth-order valence-corrected chi connectivity index (χ4v) is 2.94. The van der Waals surface area contributed by atoms with E-state index in [0.29, 0.717) is 6.42 Å². The van der Waals surface area contributed by atoms with Crippen molar-refractivity contribution < 1.29 is 130 Å². The molecule has 0 aliphatic carbocycles. The van der Waals surface area contributed by atoms with E-state index in [1.807, 2.05) is 0 Å². The minimum Gasteiger partial charge on any atom is -1.00 e. The molecule has 6 nitrogen and oxygen atoms in total. The van der Waals surface area contributed by atoms with Crippen molar-refractivity contribution >= 4 is 17.8 Å². The number of unbranched alkanes of at least 4 members (excludes halogenated alkanes) is 12. The van der Waals surface area contributed by atoms with Gasteiger partial charge in [0.2, 0.25) is 5.91 Å². The van der Waals surface area contributed by atoms with Crippen LogP contribution in [0.4, 0.5) is 0 Å². The molecule has 0 fully saturated rings. The number of carboxylic acid groups (broad SMARTS) is 2. The Kier molecular flexibility index (Phi) is 30.6. The van der Waals surface area contributed by atoms with Crippen molar-refractivity contribution in [1.82, 2.24) is 5.32 Å². The summed E-state index contributed by atoms with van der Waals surface area (Å²) in [6, 6.07) is -1.35. The maximum absolute atomic E-state index is 11.7. The van der Waals surface area contributed by atoms with Gasteiger partial charge in [-0.15, -0.1) is 0 Å². The van der Waals surface area contributed by atoms with Crippen LogP contribution in [-0.4, -0.2) is 34.1 Å². The molecule has 0 rings (SSSR count). The van der Waals surface area contributed by atoms with Crippen molar-refractivity contribution in [3.05, 3.63) is 0 Å². The van der Waals surface area contributed by atoms with E-state index in [2.05, 4.69) is 12.2 Å². The third-order valence-electron chi connectivity index (χ3n) is 4.52. The van der Waals surface area contributed by atoms with Crippen LogP contribution in [0.25, 0.3) is 0 Å². The second-order valence-electron chi connectivity index (χ2n) is 7.05. The molecule has 0 aromatic carbocycles. The summed E-state index contributed by atoms with van der Waals surface area (Å²) in [6.07, 6.45) is 15.5. The number of hydrogen-bond donors (Lipinski definition) is 3. The van der Waals surface area contributed by atoms with Gasteiger partial charge in [0.05, 0.1) is 6.42 Å². The average Bonchev–Trinajstić information content (AvgIpc) is 2.58. The van der Waals surface area contributed by atoms with Gasteiger partial charge < -0.3 is 18.4 Å². The average molecular weight is 452 g/mol. The second kappa shape index (κ2) is 24.9. The Morgan fingerprint density at radius 1 is 0.750 bits per heavy atom. The number of nitrogens with one attached hydrogen (secondary N) is 1. The molecule has 0 heterocycles. The van der Waals surface area contributed by atoms with Crippen molar-refractivity contribution in [2.75, 3.05) is 0 Å². The van der Waals surface area contributed by atoms with Crippen molar-refractivity contribution in [3.8, 4) is 0 Å². The van der Waals surface area contributed by atoms with Crippen molar-refractivity contribution in [2.24, 2.45) is 0 Å². The standard InChI is InChI=1S/C20H37NO5.2K.2H/c1-2-3-4-5-6-7-8-9-10-11-12-13-14-15-18(22)21-17(20(25)26)16-19(23)24;;;;/h17H,2-16H2,1H3,(H,21,22)(H,23,24)(H,25,26);;;;/q;2*+1;2*-1/t17-;;;;/m0..../s1. The summed E-state index contributed by atoms with van der Waals surface area (Å²) in [5, 5.41) is 19.8. The monoisotopic (exact) mass is 451 g/mol. The molecule has 3 N–H and O–H groups in total. The SMILES string of the molecule is CCCCCCCCCCCCCCCC(=O)N[C@@H](CC(=O)O)C(=O)O.[H-].[H-].[K+].[K+]. The topological polar surface area (TPSA) is 104 Å². The zero-order valence-corrected chi connectivity index (χ0v) is 24.5. The number of carbonyl (C=O) groups is 3. The van der Waals surface area contributed by atoms with Crippen LogP contribution in [-0.2, 0) is 14.4 Å². The van der Waals surface area contributed by atoms with Gasteiger partial charge in [0, 0.05) is 6.42 Å². The summed E-state index contributed by atoms with van der Waals surface area (Å²) in [7, 11) is 0. The van der Waals surface area contributed by atoms with Gasteiger partial charge >= 0.3 is 115 Å². The van der Waals surface area contributed by atoms with E-state index >= 15 is 0 Å². The molecule has 0 bridgehead atoms. The van der Waals surface area contributed by atoms with Crippen LogP contribution in [0.1, 0.15) is 106 Å². The summed E-state index contributed by atoms with van der Waals surface area (Å²) in [6.45, 7) is 2.23. The van der Waals surface area contributed by atoms with Crippen LogP contribution >= 0.6 is 0 Å². The summed E-state index contributed by atoms with van der Waals surface area (Å²) < 4.78 is 0. The summed E-state index contributed by atoms with van der Waals surface area (Å²) in [5.41, 5.74) is 0. The molecule has 0 aromatic rings. The summed E-state index contributed by atoms with van der Waals surface area (Å²) in [4.78, 5) is 33.1. The number of aliphatic carboxylic acids is 2. The smallest absolute Gasteiger partial charge is 1.00 e. The van der Waals surface area contributed by atoms with Crippen LogP contribution in [0.2, 0.25) is 0 Å². The molecule has 156 valence electrons. The van der Waals surface area contributed by atoms with E-state index in [-0.39, 0.29) is 118 Å². The molecule has 0 saturated carbocycles. The van der Waals surface area contributed by atoms with E-state index < -0.39 is 24.4 Å². The van der Waals surface area contributed by atoms with Crippen molar-refractivity contribution in [1.29, 1.82) is 0 Å². The zero-order chi connectivity index (χ0) is 19.6. The van der Waals surface area contributed by atoms with Gasteiger partial charge in [-0.05, 0) is 6.42 Å². The van der Waals surface area contributed by atoms with E-state index in [4.69, 9.17) is 10.2 Å². The molecule has 28 heavy (non-hydrogen) atoms. The number of amides is 1.